The van der Waals surface area contributed by atoms with Crippen LogP contribution in [0.25, 0.3) is 0 Å². The fourth-order valence-corrected chi connectivity index (χ4v) is 3.28. The van der Waals surface area contributed by atoms with E-state index in [0.717, 1.165) is 22.6 Å². The summed E-state index contributed by atoms with van der Waals surface area (Å²) in [6.07, 6.45) is 0.740. The minimum absolute atomic E-state index is 0.132. The third-order valence-corrected chi connectivity index (χ3v) is 4.83. The number of hydrogen-bond donors (Lipinski definition) is 3. The number of anilines is 2. The molecule has 5 nitrogen and oxygen atoms in total. The third kappa shape index (κ3) is 6.72. The molecule has 0 heterocycles. The Labute approximate surface area is 181 Å². The van der Waals surface area contributed by atoms with Gasteiger partial charge in [0.2, 0.25) is 0 Å². The number of carbonyl (C=O) groups is 2. The quantitative estimate of drug-likeness (QED) is 0.522. The summed E-state index contributed by atoms with van der Waals surface area (Å²) in [7, 11) is 1.82. The molecule has 0 aromatic heterocycles. The van der Waals surface area contributed by atoms with E-state index in [4.69, 9.17) is 11.6 Å². The molecule has 0 aliphatic carbocycles. The summed E-state index contributed by atoms with van der Waals surface area (Å²) in [6.45, 7) is 0.370. The zero-order valence-electron chi connectivity index (χ0n) is 16.8. The maximum Gasteiger partial charge on any atom is 0.279 e. The lowest BCUT2D eigenvalue weighted by molar-refractivity contribution is -0.862. The number of amides is 2. The normalized spacial score (nSPS) is 11.5. The Morgan fingerprint density at radius 1 is 0.800 bits per heavy atom. The maximum atomic E-state index is 12.5. The molecule has 0 saturated carbocycles. The summed E-state index contributed by atoms with van der Waals surface area (Å²) in [6, 6.07) is 24.8. The fourth-order valence-electron chi connectivity index (χ4n) is 3.16. The van der Waals surface area contributed by atoms with Crippen LogP contribution in [-0.4, -0.2) is 32.0 Å². The highest BCUT2D eigenvalue weighted by Gasteiger charge is 2.15. The first-order chi connectivity index (χ1) is 14.5. The van der Waals surface area contributed by atoms with Crippen molar-refractivity contribution in [2.75, 3.05) is 30.8 Å². The molecule has 3 aromatic rings. The first kappa shape index (κ1) is 21.6. The Morgan fingerprint density at radius 3 is 2.10 bits per heavy atom. The highest BCUT2D eigenvalue weighted by Crippen LogP contribution is 2.19. The highest BCUT2D eigenvalue weighted by molar-refractivity contribution is 6.30. The molecule has 0 bridgehead atoms. The van der Waals surface area contributed by atoms with Gasteiger partial charge in [-0.3, -0.25) is 9.59 Å². The lowest BCUT2D eigenvalue weighted by Crippen LogP contribution is -3.11. The van der Waals surface area contributed by atoms with Crippen molar-refractivity contribution in [3.8, 4) is 0 Å². The van der Waals surface area contributed by atoms with Gasteiger partial charge in [-0.2, -0.15) is 0 Å². The number of benzene rings is 3. The average molecular weight is 423 g/mol. The van der Waals surface area contributed by atoms with Gasteiger partial charge < -0.3 is 15.5 Å². The molecule has 0 aliphatic rings. The molecule has 6 heteroatoms. The van der Waals surface area contributed by atoms with Crippen LogP contribution >= 0.6 is 11.6 Å². The van der Waals surface area contributed by atoms with Gasteiger partial charge in [0.1, 0.15) is 0 Å². The molecule has 0 fully saturated rings. The molecule has 1 unspecified atom stereocenters. The van der Waals surface area contributed by atoms with Crippen LogP contribution in [-0.2, 0) is 16.0 Å². The lowest BCUT2D eigenvalue weighted by atomic mass is 10.0. The standard InChI is InChI=1S/C24H24ClN3O2/c1-28(16-23(29)26-21-13-11-20(25)12-14-21)17-24(30)27-22-10-6-5-9-19(22)15-18-7-3-2-4-8-18/h2-14H,15-17H2,1H3,(H,26,29)(H,27,30)/p+1. The zero-order chi connectivity index (χ0) is 21.3. The van der Waals surface area contributed by atoms with Gasteiger partial charge in [0.15, 0.2) is 13.1 Å². The summed E-state index contributed by atoms with van der Waals surface area (Å²) < 4.78 is 0. The van der Waals surface area contributed by atoms with E-state index < -0.39 is 0 Å². The van der Waals surface area contributed by atoms with Crippen molar-refractivity contribution in [1.29, 1.82) is 0 Å². The first-order valence-electron chi connectivity index (χ1n) is 9.78. The molecule has 154 valence electrons. The zero-order valence-corrected chi connectivity index (χ0v) is 17.6. The molecule has 0 saturated heterocycles. The summed E-state index contributed by atoms with van der Waals surface area (Å²) in [4.78, 5) is 25.5. The second-order valence-electron chi connectivity index (χ2n) is 7.23. The first-order valence-corrected chi connectivity index (χ1v) is 10.2. The van der Waals surface area contributed by atoms with Gasteiger partial charge in [0.25, 0.3) is 11.8 Å². The van der Waals surface area contributed by atoms with Gasteiger partial charge in [-0.1, -0.05) is 60.1 Å². The van der Waals surface area contributed by atoms with E-state index in [1.165, 1.54) is 5.56 Å². The van der Waals surface area contributed by atoms with E-state index in [-0.39, 0.29) is 24.9 Å². The predicted molar refractivity (Wildman–Crippen MR) is 121 cm³/mol. The van der Waals surface area contributed by atoms with Gasteiger partial charge >= 0.3 is 0 Å². The average Bonchev–Trinajstić information content (AvgIpc) is 2.71. The number of quaternary nitrogens is 1. The van der Waals surface area contributed by atoms with Gasteiger partial charge in [-0.15, -0.1) is 0 Å². The van der Waals surface area contributed by atoms with Crippen LogP contribution in [0.15, 0.2) is 78.9 Å². The number of nitrogens with one attached hydrogen (secondary N) is 3. The summed E-state index contributed by atoms with van der Waals surface area (Å²) in [5.41, 5.74) is 3.71. The number of carbonyl (C=O) groups excluding carboxylic acids is 2. The van der Waals surface area contributed by atoms with Crippen molar-refractivity contribution in [3.63, 3.8) is 0 Å². The van der Waals surface area contributed by atoms with E-state index in [1.54, 1.807) is 24.3 Å². The molecular formula is C24H25ClN3O2+. The van der Waals surface area contributed by atoms with Crippen LogP contribution in [0.5, 0.6) is 0 Å². The van der Waals surface area contributed by atoms with Crippen molar-refractivity contribution >= 4 is 34.8 Å². The molecular weight excluding hydrogens is 398 g/mol. The molecule has 3 N–H and O–H groups in total. The Kier molecular flexibility index (Phi) is 7.60. The van der Waals surface area contributed by atoms with Crippen molar-refractivity contribution in [2.45, 2.75) is 6.42 Å². The second kappa shape index (κ2) is 10.6. The van der Waals surface area contributed by atoms with Gasteiger partial charge in [-0.25, -0.2) is 0 Å². The second-order valence-corrected chi connectivity index (χ2v) is 7.67. The topological polar surface area (TPSA) is 62.6 Å². The van der Waals surface area contributed by atoms with E-state index in [2.05, 4.69) is 22.8 Å². The molecule has 3 aromatic carbocycles. The van der Waals surface area contributed by atoms with Crippen molar-refractivity contribution in [1.82, 2.24) is 0 Å². The highest BCUT2D eigenvalue weighted by atomic mass is 35.5. The SMILES string of the molecule is C[NH+](CC(=O)Nc1ccc(Cl)cc1)CC(=O)Nc1ccccc1Cc1ccccc1. The molecule has 2 amide bonds. The monoisotopic (exact) mass is 422 g/mol. The molecule has 1 atom stereocenters. The van der Waals surface area contributed by atoms with E-state index in [1.807, 2.05) is 49.5 Å². The maximum absolute atomic E-state index is 12.5. The molecule has 3 rings (SSSR count). The van der Waals surface area contributed by atoms with Crippen LogP contribution in [0.4, 0.5) is 11.4 Å². The number of para-hydroxylation sites is 1. The van der Waals surface area contributed by atoms with E-state index >= 15 is 0 Å². The van der Waals surface area contributed by atoms with Crippen LogP contribution in [0.1, 0.15) is 11.1 Å². The van der Waals surface area contributed by atoms with Gasteiger partial charge in [0.05, 0.1) is 7.05 Å². The van der Waals surface area contributed by atoms with Crippen LogP contribution < -0.4 is 15.5 Å². The van der Waals surface area contributed by atoms with Crippen LogP contribution in [0, 0.1) is 0 Å². The Bertz CT molecular complexity index is 991. The van der Waals surface area contributed by atoms with E-state index in [0.29, 0.717) is 10.7 Å². The number of hydrogen-bond acceptors (Lipinski definition) is 2. The Hall–Kier alpha value is -3.15. The Balaban J connectivity index is 1.52. The Morgan fingerprint density at radius 2 is 1.40 bits per heavy atom. The number of halogens is 1. The van der Waals surface area contributed by atoms with Crippen molar-refractivity contribution < 1.29 is 14.5 Å². The summed E-state index contributed by atoms with van der Waals surface area (Å²) >= 11 is 5.85. The van der Waals surface area contributed by atoms with Gasteiger partial charge in [0, 0.05) is 16.4 Å². The van der Waals surface area contributed by atoms with Crippen LogP contribution in [0.2, 0.25) is 5.02 Å². The molecule has 0 spiro atoms. The summed E-state index contributed by atoms with van der Waals surface area (Å²) in [5.74, 6) is -0.292. The minimum atomic E-state index is -0.160. The van der Waals surface area contributed by atoms with Crippen LogP contribution in [0.3, 0.4) is 0 Å². The van der Waals surface area contributed by atoms with Crippen molar-refractivity contribution in [3.05, 3.63) is 95.0 Å². The fraction of sp³-hybridized carbons (Fsp3) is 0.167. The third-order valence-electron chi connectivity index (χ3n) is 4.58. The lowest BCUT2D eigenvalue weighted by Gasteiger charge is -2.15. The predicted octanol–water partition coefficient (Wildman–Crippen LogP) is 3.02. The number of rotatable bonds is 8. The molecule has 0 aliphatic heterocycles. The number of likely N-dealkylation sites (N-methyl/N-ethyl adjacent to an activating group) is 1. The van der Waals surface area contributed by atoms with E-state index in [9.17, 15) is 9.59 Å². The van der Waals surface area contributed by atoms with Crippen molar-refractivity contribution in [2.24, 2.45) is 0 Å². The minimum Gasteiger partial charge on any atom is -0.322 e. The smallest absolute Gasteiger partial charge is 0.279 e. The molecule has 30 heavy (non-hydrogen) atoms. The summed E-state index contributed by atoms with van der Waals surface area (Å²) in [5, 5.41) is 6.41. The molecule has 0 radical (unpaired) electrons. The van der Waals surface area contributed by atoms with Gasteiger partial charge in [-0.05, 0) is 47.9 Å². The largest absolute Gasteiger partial charge is 0.322 e.